The maximum absolute atomic E-state index is 11.0. The summed E-state index contributed by atoms with van der Waals surface area (Å²) in [6, 6.07) is 0. The molecule has 0 aromatic carbocycles. The molecule has 4 nitrogen and oxygen atoms in total. The topological polar surface area (TPSA) is 52.0 Å². The molecule has 0 N–H and O–H groups in total. The van der Waals surface area contributed by atoms with Crippen molar-refractivity contribution < 1.29 is 8.42 Å². The van der Waals surface area contributed by atoms with Gasteiger partial charge in [0.1, 0.15) is 9.50 Å². The highest BCUT2D eigenvalue weighted by molar-refractivity contribution is 9.10. The summed E-state index contributed by atoms with van der Waals surface area (Å²) in [5, 5.41) is 3.88. The summed E-state index contributed by atoms with van der Waals surface area (Å²) >= 11 is 3.07. The Balaban J connectivity index is 3.54. The number of rotatable bonds is 1. The van der Waals surface area contributed by atoms with Crippen LogP contribution < -0.4 is 0 Å². The Labute approximate surface area is 83.1 Å². The third-order valence-corrected chi connectivity index (χ3v) is 3.96. The molecule has 0 aliphatic carbocycles. The van der Waals surface area contributed by atoms with E-state index in [9.17, 15) is 8.42 Å². The van der Waals surface area contributed by atoms with Gasteiger partial charge in [0.25, 0.3) is 9.05 Å². The van der Waals surface area contributed by atoms with Crippen molar-refractivity contribution >= 4 is 35.7 Å². The molecule has 0 spiro atoms. The van der Waals surface area contributed by atoms with Crippen molar-refractivity contribution in [1.82, 2.24) is 9.78 Å². The molecule has 0 amide bonds. The highest BCUT2D eigenvalue weighted by atomic mass is 79.9. The molecule has 0 radical (unpaired) electrons. The average Bonchev–Trinajstić information content (AvgIpc) is 2.05. The molecule has 0 atom stereocenters. The Kier molecular flexibility index (Phi) is 2.51. The predicted octanol–water partition coefficient (Wildman–Crippen LogP) is 1.42. The van der Waals surface area contributed by atoms with Crippen molar-refractivity contribution in [3.8, 4) is 0 Å². The van der Waals surface area contributed by atoms with Gasteiger partial charge in [-0.15, -0.1) is 0 Å². The second-order valence-electron chi connectivity index (χ2n) is 2.27. The molecule has 0 fully saturated rings. The maximum atomic E-state index is 11.0. The van der Waals surface area contributed by atoms with E-state index in [0.717, 1.165) is 0 Å². The molecule has 0 saturated carbocycles. The van der Waals surface area contributed by atoms with Crippen LogP contribution >= 0.6 is 26.6 Å². The van der Waals surface area contributed by atoms with Crippen LogP contribution in [0.15, 0.2) is 9.50 Å². The Morgan fingerprint density at radius 3 is 2.25 bits per heavy atom. The first-order valence-electron chi connectivity index (χ1n) is 2.98. The van der Waals surface area contributed by atoms with Gasteiger partial charge in [-0.3, -0.25) is 4.68 Å². The monoisotopic (exact) mass is 272 g/mol. The SMILES string of the molecule is Cc1nn(C)c(Br)c1S(=O)(=O)Cl. The summed E-state index contributed by atoms with van der Waals surface area (Å²) < 4.78 is 23.7. The summed E-state index contributed by atoms with van der Waals surface area (Å²) in [5.41, 5.74) is 0.388. The van der Waals surface area contributed by atoms with Crippen LogP contribution in [-0.4, -0.2) is 18.2 Å². The maximum Gasteiger partial charge on any atom is 0.265 e. The molecule has 7 heteroatoms. The predicted molar refractivity (Wildman–Crippen MR) is 48.7 cm³/mol. The van der Waals surface area contributed by atoms with E-state index in [1.165, 1.54) is 4.68 Å². The van der Waals surface area contributed by atoms with Crippen LogP contribution in [0, 0.1) is 6.92 Å². The van der Waals surface area contributed by atoms with E-state index in [0.29, 0.717) is 10.3 Å². The second kappa shape index (κ2) is 3.01. The zero-order chi connectivity index (χ0) is 9.52. The average molecular weight is 274 g/mol. The van der Waals surface area contributed by atoms with E-state index in [2.05, 4.69) is 21.0 Å². The van der Waals surface area contributed by atoms with Crippen LogP contribution in [-0.2, 0) is 16.1 Å². The molecule has 1 heterocycles. The number of aromatic nitrogens is 2. The van der Waals surface area contributed by atoms with Gasteiger partial charge in [0.15, 0.2) is 0 Å². The molecule has 0 aliphatic rings. The molecule has 0 bridgehead atoms. The number of nitrogens with zero attached hydrogens (tertiary/aromatic N) is 2. The molecule has 1 aromatic rings. The van der Waals surface area contributed by atoms with Crippen molar-refractivity contribution in [3.05, 3.63) is 10.3 Å². The molecular weight excluding hydrogens is 267 g/mol. The first kappa shape index (κ1) is 10.0. The second-order valence-corrected chi connectivity index (χ2v) is 5.52. The Morgan fingerprint density at radius 2 is 2.08 bits per heavy atom. The van der Waals surface area contributed by atoms with Crippen molar-refractivity contribution in [2.45, 2.75) is 11.8 Å². The van der Waals surface area contributed by atoms with Crippen molar-refractivity contribution in [2.75, 3.05) is 0 Å². The first-order valence-corrected chi connectivity index (χ1v) is 6.08. The summed E-state index contributed by atoms with van der Waals surface area (Å²) in [6.07, 6.45) is 0. The van der Waals surface area contributed by atoms with Gasteiger partial charge in [-0.25, -0.2) is 8.42 Å². The molecule has 68 valence electrons. The Morgan fingerprint density at radius 1 is 1.58 bits per heavy atom. The lowest BCUT2D eigenvalue weighted by atomic mass is 10.5. The van der Waals surface area contributed by atoms with E-state index in [4.69, 9.17) is 10.7 Å². The molecular formula is C5H6BrClN2O2S. The van der Waals surface area contributed by atoms with Gasteiger partial charge in [0, 0.05) is 17.7 Å². The quantitative estimate of drug-likeness (QED) is 0.727. The van der Waals surface area contributed by atoms with Crippen molar-refractivity contribution in [1.29, 1.82) is 0 Å². The van der Waals surface area contributed by atoms with Gasteiger partial charge in [-0.05, 0) is 22.9 Å². The number of hydrogen-bond donors (Lipinski definition) is 0. The fraction of sp³-hybridized carbons (Fsp3) is 0.400. The summed E-state index contributed by atoms with van der Waals surface area (Å²) in [7, 11) is 3.10. The largest absolute Gasteiger partial charge is 0.265 e. The van der Waals surface area contributed by atoms with Gasteiger partial charge in [-0.2, -0.15) is 5.10 Å². The minimum atomic E-state index is -3.70. The lowest BCUT2D eigenvalue weighted by Gasteiger charge is -1.93. The van der Waals surface area contributed by atoms with E-state index in [-0.39, 0.29) is 4.90 Å². The molecule has 0 aliphatic heterocycles. The summed E-state index contributed by atoms with van der Waals surface area (Å²) in [5.74, 6) is 0. The highest BCUT2D eigenvalue weighted by Crippen LogP contribution is 2.27. The third kappa shape index (κ3) is 1.65. The zero-order valence-corrected chi connectivity index (χ0v) is 9.53. The van der Waals surface area contributed by atoms with Crippen LogP contribution in [0.1, 0.15) is 5.69 Å². The van der Waals surface area contributed by atoms with E-state index >= 15 is 0 Å². The van der Waals surface area contributed by atoms with Crippen LogP contribution in [0.5, 0.6) is 0 Å². The minimum Gasteiger partial charge on any atom is -0.260 e. The smallest absolute Gasteiger partial charge is 0.260 e. The molecule has 0 unspecified atom stereocenters. The normalized spacial score (nSPS) is 12.0. The van der Waals surface area contributed by atoms with Gasteiger partial charge < -0.3 is 0 Å². The van der Waals surface area contributed by atoms with Crippen molar-refractivity contribution in [2.24, 2.45) is 7.05 Å². The number of aryl methyl sites for hydroxylation is 2. The van der Waals surface area contributed by atoms with Crippen molar-refractivity contribution in [3.63, 3.8) is 0 Å². The van der Waals surface area contributed by atoms with E-state index in [1.807, 2.05) is 0 Å². The molecule has 1 rings (SSSR count). The first-order chi connectivity index (χ1) is 5.34. The van der Waals surface area contributed by atoms with Crippen LogP contribution in [0.2, 0.25) is 0 Å². The fourth-order valence-electron chi connectivity index (χ4n) is 0.888. The van der Waals surface area contributed by atoms with Crippen LogP contribution in [0.25, 0.3) is 0 Å². The lowest BCUT2D eigenvalue weighted by molar-refractivity contribution is 0.608. The Bertz CT molecular complexity index is 411. The fourth-order valence-corrected chi connectivity index (χ4v) is 3.45. The summed E-state index contributed by atoms with van der Waals surface area (Å²) in [6.45, 7) is 1.58. The number of halogens is 2. The van der Waals surface area contributed by atoms with E-state index in [1.54, 1.807) is 14.0 Å². The minimum absolute atomic E-state index is 0.0340. The summed E-state index contributed by atoms with van der Waals surface area (Å²) in [4.78, 5) is 0.0340. The van der Waals surface area contributed by atoms with Gasteiger partial charge >= 0.3 is 0 Å². The molecule has 1 aromatic heterocycles. The van der Waals surface area contributed by atoms with Gasteiger partial charge in [-0.1, -0.05) is 0 Å². The lowest BCUT2D eigenvalue weighted by Crippen LogP contribution is -1.93. The van der Waals surface area contributed by atoms with Gasteiger partial charge in [0.05, 0.1) is 5.69 Å². The van der Waals surface area contributed by atoms with Crippen LogP contribution in [0.3, 0.4) is 0 Å². The highest BCUT2D eigenvalue weighted by Gasteiger charge is 2.22. The molecule has 0 saturated heterocycles. The number of hydrogen-bond acceptors (Lipinski definition) is 3. The standard InChI is InChI=1S/C5H6BrClN2O2S/c1-3-4(12(7,10)11)5(6)9(2)8-3/h1-2H3. The van der Waals surface area contributed by atoms with Crippen LogP contribution in [0.4, 0.5) is 0 Å². The van der Waals surface area contributed by atoms with Gasteiger partial charge in [0.2, 0.25) is 0 Å². The third-order valence-electron chi connectivity index (χ3n) is 1.34. The van der Waals surface area contributed by atoms with E-state index < -0.39 is 9.05 Å². The Hall–Kier alpha value is -0.0700. The zero-order valence-electron chi connectivity index (χ0n) is 6.38. The molecule has 12 heavy (non-hydrogen) atoms.